The van der Waals surface area contributed by atoms with E-state index >= 15 is 0 Å². The summed E-state index contributed by atoms with van der Waals surface area (Å²) in [6, 6.07) is 8.81. The number of nitrogens with one attached hydrogen (secondary N) is 1. The lowest BCUT2D eigenvalue weighted by atomic mass is 10.1. The molecule has 1 aliphatic heterocycles. The van der Waals surface area contributed by atoms with Crippen LogP contribution in [0.4, 0.5) is 0 Å². The van der Waals surface area contributed by atoms with E-state index in [1.807, 2.05) is 6.07 Å². The number of halogens is 1. The largest absolute Gasteiger partial charge is 0.372 e. The number of hydrogen-bond acceptors (Lipinski definition) is 2. The summed E-state index contributed by atoms with van der Waals surface area (Å²) < 4.78 is 6.98. The number of benzene rings is 1. The van der Waals surface area contributed by atoms with Gasteiger partial charge in [-0.2, -0.15) is 0 Å². The van der Waals surface area contributed by atoms with Crippen LogP contribution in [0.3, 0.4) is 0 Å². The Morgan fingerprint density at radius 1 is 1.40 bits per heavy atom. The number of hydrogen-bond donors (Lipinski definition) is 1. The second-order valence-corrected chi connectivity index (χ2v) is 4.83. The Hall–Kier alpha value is -0.380. The van der Waals surface area contributed by atoms with Gasteiger partial charge in [-0.05, 0) is 25.0 Å². The van der Waals surface area contributed by atoms with Crippen molar-refractivity contribution in [2.24, 2.45) is 0 Å². The molecule has 1 heterocycles. The van der Waals surface area contributed by atoms with Crippen molar-refractivity contribution in [1.29, 1.82) is 0 Å². The lowest BCUT2D eigenvalue weighted by Gasteiger charge is -2.17. The van der Waals surface area contributed by atoms with Crippen molar-refractivity contribution in [2.75, 3.05) is 13.2 Å². The fourth-order valence-electron chi connectivity index (χ4n) is 1.79. The van der Waals surface area contributed by atoms with Crippen LogP contribution in [0.2, 0.25) is 0 Å². The molecule has 1 fully saturated rings. The van der Waals surface area contributed by atoms with Crippen molar-refractivity contribution < 1.29 is 4.74 Å². The monoisotopic (exact) mass is 269 g/mol. The van der Waals surface area contributed by atoms with Crippen LogP contribution in [0.15, 0.2) is 28.7 Å². The molecule has 2 atom stereocenters. The van der Waals surface area contributed by atoms with Crippen LogP contribution in [-0.4, -0.2) is 19.2 Å². The Balaban J connectivity index is 2.13. The van der Waals surface area contributed by atoms with Crippen molar-refractivity contribution >= 4 is 15.9 Å². The minimum Gasteiger partial charge on any atom is -0.372 e. The molecule has 0 aliphatic carbocycles. The summed E-state index contributed by atoms with van der Waals surface area (Å²) in [5, 5.41) is 3.47. The average Bonchev–Trinajstić information content (AvgIpc) is 2.44. The normalized spacial score (nSPS) is 27.3. The molecule has 82 valence electrons. The molecule has 0 spiro atoms. The summed E-state index contributed by atoms with van der Waals surface area (Å²) in [6.45, 7) is 3.93. The zero-order valence-corrected chi connectivity index (χ0v) is 10.5. The number of rotatable bonds is 1. The molecule has 3 heteroatoms. The van der Waals surface area contributed by atoms with Crippen molar-refractivity contribution in [3.05, 3.63) is 34.3 Å². The van der Waals surface area contributed by atoms with E-state index in [4.69, 9.17) is 4.74 Å². The van der Waals surface area contributed by atoms with Crippen LogP contribution in [0.5, 0.6) is 0 Å². The van der Waals surface area contributed by atoms with Crippen LogP contribution in [0, 0.1) is 0 Å². The van der Waals surface area contributed by atoms with Gasteiger partial charge >= 0.3 is 0 Å². The second-order valence-electron chi connectivity index (χ2n) is 3.98. The van der Waals surface area contributed by atoms with E-state index < -0.39 is 0 Å². The molecule has 0 saturated carbocycles. The van der Waals surface area contributed by atoms with Crippen LogP contribution < -0.4 is 5.32 Å². The van der Waals surface area contributed by atoms with Crippen LogP contribution in [-0.2, 0) is 4.74 Å². The lowest BCUT2D eigenvalue weighted by Crippen LogP contribution is -2.27. The van der Waals surface area contributed by atoms with Gasteiger partial charge in [0.1, 0.15) is 0 Å². The van der Waals surface area contributed by atoms with Gasteiger partial charge < -0.3 is 10.1 Å². The van der Waals surface area contributed by atoms with Gasteiger partial charge in [0, 0.05) is 23.7 Å². The van der Waals surface area contributed by atoms with Gasteiger partial charge in [-0.25, -0.2) is 0 Å². The standard InChI is InChI=1S/C12H16BrNO/c1-9-6-7-15-12(8-14-9)10-4-2-3-5-11(10)13/h2-5,9,12,14H,6-8H2,1H3. The molecular weight excluding hydrogens is 254 g/mol. The zero-order chi connectivity index (χ0) is 10.7. The van der Waals surface area contributed by atoms with E-state index in [0.717, 1.165) is 24.0 Å². The summed E-state index contributed by atoms with van der Waals surface area (Å²) in [5.74, 6) is 0. The Labute approximate surface area is 99.1 Å². The first kappa shape index (κ1) is 11.1. The van der Waals surface area contributed by atoms with Crippen molar-refractivity contribution in [2.45, 2.75) is 25.5 Å². The molecule has 1 aromatic carbocycles. The van der Waals surface area contributed by atoms with E-state index in [2.05, 4.69) is 46.4 Å². The van der Waals surface area contributed by atoms with Gasteiger partial charge in [0.25, 0.3) is 0 Å². The van der Waals surface area contributed by atoms with Crippen molar-refractivity contribution in [1.82, 2.24) is 5.32 Å². The van der Waals surface area contributed by atoms with E-state index in [1.54, 1.807) is 0 Å². The summed E-state index contributed by atoms with van der Waals surface area (Å²) in [7, 11) is 0. The summed E-state index contributed by atoms with van der Waals surface area (Å²) in [5.41, 5.74) is 1.24. The van der Waals surface area contributed by atoms with Crippen molar-refractivity contribution in [3.8, 4) is 0 Å². The van der Waals surface area contributed by atoms with Gasteiger partial charge in [-0.3, -0.25) is 0 Å². The highest BCUT2D eigenvalue weighted by Crippen LogP contribution is 2.26. The molecule has 0 amide bonds. The predicted octanol–water partition coefficient (Wildman–Crippen LogP) is 2.89. The molecule has 1 aliphatic rings. The highest BCUT2D eigenvalue weighted by atomic mass is 79.9. The molecule has 1 saturated heterocycles. The third kappa shape index (κ3) is 2.80. The van der Waals surface area contributed by atoms with Gasteiger partial charge in [-0.1, -0.05) is 34.1 Å². The first-order valence-electron chi connectivity index (χ1n) is 5.37. The molecule has 2 unspecified atom stereocenters. The summed E-state index contributed by atoms with van der Waals surface area (Å²) in [6.07, 6.45) is 1.26. The quantitative estimate of drug-likeness (QED) is 0.847. The van der Waals surface area contributed by atoms with Gasteiger partial charge in [-0.15, -0.1) is 0 Å². The lowest BCUT2D eigenvalue weighted by molar-refractivity contribution is 0.0660. The fraction of sp³-hybridized carbons (Fsp3) is 0.500. The molecule has 0 bridgehead atoms. The van der Waals surface area contributed by atoms with Crippen LogP contribution >= 0.6 is 15.9 Å². The molecule has 2 nitrogen and oxygen atoms in total. The molecule has 15 heavy (non-hydrogen) atoms. The topological polar surface area (TPSA) is 21.3 Å². The Bertz CT molecular complexity index is 329. The minimum absolute atomic E-state index is 0.172. The van der Waals surface area contributed by atoms with E-state index in [-0.39, 0.29) is 6.10 Å². The van der Waals surface area contributed by atoms with E-state index in [1.165, 1.54) is 5.56 Å². The average molecular weight is 270 g/mol. The number of ether oxygens (including phenoxy) is 1. The Kier molecular flexibility index (Phi) is 3.78. The maximum absolute atomic E-state index is 5.85. The van der Waals surface area contributed by atoms with Gasteiger partial charge in [0.05, 0.1) is 6.10 Å². The highest BCUT2D eigenvalue weighted by molar-refractivity contribution is 9.10. The predicted molar refractivity (Wildman–Crippen MR) is 64.9 cm³/mol. The van der Waals surface area contributed by atoms with Crippen LogP contribution in [0.25, 0.3) is 0 Å². The molecular formula is C12H16BrNO. The third-order valence-corrected chi connectivity index (χ3v) is 3.50. The SMILES string of the molecule is CC1CCOC(c2ccccc2Br)CN1. The first-order chi connectivity index (χ1) is 7.27. The molecule has 0 aromatic heterocycles. The summed E-state index contributed by atoms with van der Waals surface area (Å²) >= 11 is 3.56. The maximum Gasteiger partial charge on any atom is 0.0960 e. The zero-order valence-electron chi connectivity index (χ0n) is 8.87. The Morgan fingerprint density at radius 3 is 3.00 bits per heavy atom. The highest BCUT2D eigenvalue weighted by Gasteiger charge is 2.18. The molecule has 1 N–H and O–H groups in total. The fourth-order valence-corrected chi connectivity index (χ4v) is 2.33. The minimum atomic E-state index is 0.172. The first-order valence-corrected chi connectivity index (χ1v) is 6.16. The molecule has 2 rings (SSSR count). The van der Waals surface area contributed by atoms with Crippen molar-refractivity contribution in [3.63, 3.8) is 0 Å². The van der Waals surface area contributed by atoms with E-state index in [9.17, 15) is 0 Å². The van der Waals surface area contributed by atoms with E-state index in [0.29, 0.717) is 6.04 Å². The third-order valence-electron chi connectivity index (χ3n) is 2.77. The molecule has 1 aromatic rings. The van der Waals surface area contributed by atoms with Gasteiger partial charge in [0.2, 0.25) is 0 Å². The van der Waals surface area contributed by atoms with Crippen LogP contribution in [0.1, 0.15) is 25.0 Å². The Morgan fingerprint density at radius 2 is 2.20 bits per heavy atom. The second kappa shape index (κ2) is 5.10. The van der Waals surface area contributed by atoms with Gasteiger partial charge in [0.15, 0.2) is 0 Å². The maximum atomic E-state index is 5.85. The molecule has 0 radical (unpaired) electrons. The summed E-state index contributed by atoms with van der Waals surface area (Å²) in [4.78, 5) is 0. The smallest absolute Gasteiger partial charge is 0.0960 e.